The molecule has 0 amide bonds. The van der Waals surface area contributed by atoms with Gasteiger partial charge in [-0.05, 0) is 18.6 Å². The molecule has 0 aromatic carbocycles. The Morgan fingerprint density at radius 2 is 2.40 bits per heavy atom. The van der Waals surface area contributed by atoms with Crippen molar-refractivity contribution in [3.8, 4) is 0 Å². The summed E-state index contributed by atoms with van der Waals surface area (Å²) in [4.78, 5) is 14.6. The number of rotatable bonds is 5. The normalized spacial score (nSPS) is 9.67. The van der Waals surface area contributed by atoms with Crippen molar-refractivity contribution < 1.29 is 9.90 Å². The highest BCUT2D eigenvalue weighted by Gasteiger charge is 2.06. The Kier molecular flexibility index (Phi) is 4.12. The Labute approximate surface area is 92.6 Å². The quantitative estimate of drug-likeness (QED) is 0.460. The number of halogens is 1. The van der Waals surface area contributed by atoms with E-state index < -0.39 is 5.97 Å². The maximum atomic E-state index is 10.7. The Morgan fingerprint density at radius 1 is 1.67 bits per heavy atom. The van der Waals surface area contributed by atoms with Crippen LogP contribution < -0.4 is 5.32 Å². The van der Waals surface area contributed by atoms with Crippen molar-refractivity contribution in [1.29, 1.82) is 0 Å². The lowest BCUT2D eigenvalue weighted by molar-refractivity contribution is 0.0697. The maximum absolute atomic E-state index is 10.7. The van der Waals surface area contributed by atoms with Crippen LogP contribution >= 0.6 is 11.6 Å². The van der Waals surface area contributed by atoms with Gasteiger partial charge in [0.2, 0.25) is 0 Å². The van der Waals surface area contributed by atoms with E-state index in [0.29, 0.717) is 12.4 Å². The van der Waals surface area contributed by atoms with Crippen LogP contribution in [-0.2, 0) is 0 Å². The fraction of sp³-hybridized carbons (Fsp3) is 0.200. The van der Waals surface area contributed by atoms with E-state index in [-0.39, 0.29) is 10.7 Å². The minimum Gasteiger partial charge on any atom is -0.478 e. The lowest BCUT2D eigenvalue weighted by Crippen LogP contribution is -2.05. The third-order valence-corrected chi connectivity index (χ3v) is 1.89. The summed E-state index contributed by atoms with van der Waals surface area (Å²) in [6.07, 6.45) is 2.53. The van der Waals surface area contributed by atoms with Crippen LogP contribution in [-0.4, -0.2) is 22.6 Å². The molecular weight excluding hydrogens is 216 g/mol. The number of nitrogens with zero attached hydrogens (tertiary/aromatic N) is 1. The first-order valence-corrected chi connectivity index (χ1v) is 4.77. The molecule has 0 fully saturated rings. The molecule has 1 aromatic heterocycles. The molecule has 1 rings (SSSR count). The Morgan fingerprint density at radius 3 is 3.00 bits per heavy atom. The molecule has 0 unspecified atom stereocenters. The van der Waals surface area contributed by atoms with Crippen LogP contribution in [0.25, 0.3) is 0 Å². The number of aromatic nitrogens is 1. The fourth-order valence-corrected chi connectivity index (χ4v) is 1.22. The fourth-order valence-electron chi connectivity index (χ4n) is 1.01. The Hall–Kier alpha value is -1.55. The van der Waals surface area contributed by atoms with Gasteiger partial charge in [0.05, 0.1) is 5.56 Å². The molecule has 0 aliphatic heterocycles. The van der Waals surface area contributed by atoms with Crippen molar-refractivity contribution in [1.82, 2.24) is 4.98 Å². The summed E-state index contributed by atoms with van der Waals surface area (Å²) in [5.41, 5.74) is 0.121. The van der Waals surface area contributed by atoms with Crippen LogP contribution in [0.4, 0.5) is 5.82 Å². The van der Waals surface area contributed by atoms with Gasteiger partial charge >= 0.3 is 5.97 Å². The minimum atomic E-state index is -1.02. The zero-order chi connectivity index (χ0) is 11.3. The number of carboxylic acids is 1. The number of aromatic carboxylic acids is 1. The third kappa shape index (κ3) is 3.59. The van der Waals surface area contributed by atoms with Gasteiger partial charge in [-0.25, -0.2) is 9.78 Å². The van der Waals surface area contributed by atoms with Gasteiger partial charge in [-0.3, -0.25) is 0 Å². The molecule has 1 aromatic rings. The van der Waals surface area contributed by atoms with Crippen LogP contribution in [0, 0.1) is 0 Å². The molecule has 0 saturated carbocycles. The van der Waals surface area contributed by atoms with E-state index in [2.05, 4.69) is 16.9 Å². The van der Waals surface area contributed by atoms with Gasteiger partial charge in [0.1, 0.15) is 11.0 Å². The van der Waals surface area contributed by atoms with E-state index in [4.69, 9.17) is 16.7 Å². The molecule has 2 N–H and O–H groups in total. The molecule has 0 saturated heterocycles. The summed E-state index contributed by atoms with van der Waals surface area (Å²) in [5.74, 6) is -0.562. The highest BCUT2D eigenvalue weighted by Crippen LogP contribution is 2.14. The average Bonchev–Trinajstić information content (AvgIpc) is 2.17. The first-order chi connectivity index (χ1) is 7.13. The summed E-state index contributed by atoms with van der Waals surface area (Å²) in [6.45, 7) is 4.22. The topological polar surface area (TPSA) is 62.2 Å². The van der Waals surface area contributed by atoms with Crippen LogP contribution in [0.2, 0.25) is 5.15 Å². The molecule has 0 aliphatic carbocycles. The molecule has 4 nitrogen and oxygen atoms in total. The molecule has 0 atom stereocenters. The zero-order valence-corrected chi connectivity index (χ0v) is 8.79. The van der Waals surface area contributed by atoms with E-state index in [1.807, 2.05) is 0 Å². The summed E-state index contributed by atoms with van der Waals surface area (Å²) in [6, 6.07) is 2.75. The summed E-state index contributed by atoms with van der Waals surface area (Å²) in [7, 11) is 0. The molecule has 0 radical (unpaired) electrons. The van der Waals surface area contributed by atoms with Gasteiger partial charge in [0.25, 0.3) is 0 Å². The van der Waals surface area contributed by atoms with Gasteiger partial charge in [-0.15, -0.1) is 6.58 Å². The number of anilines is 1. The number of pyridine rings is 1. The number of carboxylic acid groups (broad SMARTS) is 1. The molecule has 5 heteroatoms. The molecule has 80 valence electrons. The van der Waals surface area contributed by atoms with E-state index in [0.717, 1.165) is 6.42 Å². The first-order valence-electron chi connectivity index (χ1n) is 4.39. The van der Waals surface area contributed by atoms with Gasteiger partial charge in [0.15, 0.2) is 0 Å². The second-order valence-corrected chi connectivity index (χ2v) is 3.26. The standard InChI is InChI=1S/C10H11ClN2O2/c1-2-3-4-12-9-6-7(10(14)15)5-8(11)13-9/h2,5-6H,1,3-4H2,(H,12,13)(H,14,15). The van der Waals surface area contributed by atoms with Crippen LogP contribution in [0.15, 0.2) is 24.8 Å². The van der Waals surface area contributed by atoms with E-state index in [1.165, 1.54) is 12.1 Å². The van der Waals surface area contributed by atoms with Crippen molar-refractivity contribution in [2.45, 2.75) is 6.42 Å². The van der Waals surface area contributed by atoms with E-state index in [9.17, 15) is 4.79 Å². The second-order valence-electron chi connectivity index (χ2n) is 2.87. The largest absolute Gasteiger partial charge is 0.478 e. The first kappa shape index (κ1) is 11.5. The molecule has 0 aliphatic rings. The zero-order valence-electron chi connectivity index (χ0n) is 8.03. The van der Waals surface area contributed by atoms with E-state index in [1.54, 1.807) is 6.08 Å². The highest BCUT2D eigenvalue weighted by molar-refractivity contribution is 6.29. The average molecular weight is 227 g/mol. The monoisotopic (exact) mass is 226 g/mol. The van der Waals surface area contributed by atoms with Gasteiger partial charge < -0.3 is 10.4 Å². The van der Waals surface area contributed by atoms with Gasteiger partial charge in [-0.1, -0.05) is 17.7 Å². The molecule has 1 heterocycles. The van der Waals surface area contributed by atoms with Crippen molar-refractivity contribution in [2.24, 2.45) is 0 Å². The van der Waals surface area contributed by atoms with Crippen LogP contribution in [0.3, 0.4) is 0 Å². The third-order valence-electron chi connectivity index (χ3n) is 1.70. The molecule has 0 spiro atoms. The van der Waals surface area contributed by atoms with Crippen LogP contribution in [0.1, 0.15) is 16.8 Å². The number of hydrogen-bond acceptors (Lipinski definition) is 3. The predicted octanol–water partition coefficient (Wildman–Crippen LogP) is 2.42. The smallest absolute Gasteiger partial charge is 0.335 e. The number of hydrogen-bond donors (Lipinski definition) is 2. The van der Waals surface area contributed by atoms with Gasteiger partial charge in [0, 0.05) is 6.54 Å². The SMILES string of the molecule is C=CCCNc1cc(C(=O)O)cc(Cl)n1. The lowest BCUT2D eigenvalue weighted by atomic mass is 10.2. The van der Waals surface area contributed by atoms with E-state index >= 15 is 0 Å². The van der Waals surface area contributed by atoms with Gasteiger partial charge in [-0.2, -0.15) is 0 Å². The molecular formula is C10H11ClN2O2. The number of carbonyl (C=O) groups is 1. The highest BCUT2D eigenvalue weighted by atomic mass is 35.5. The lowest BCUT2D eigenvalue weighted by Gasteiger charge is -2.05. The molecule has 15 heavy (non-hydrogen) atoms. The van der Waals surface area contributed by atoms with Crippen molar-refractivity contribution >= 4 is 23.4 Å². The number of nitrogens with one attached hydrogen (secondary N) is 1. The Bertz CT molecular complexity index is 380. The maximum Gasteiger partial charge on any atom is 0.335 e. The van der Waals surface area contributed by atoms with Crippen molar-refractivity contribution in [2.75, 3.05) is 11.9 Å². The molecule has 0 bridgehead atoms. The minimum absolute atomic E-state index is 0.121. The predicted molar refractivity (Wildman–Crippen MR) is 59.5 cm³/mol. The summed E-state index contributed by atoms with van der Waals surface area (Å²) < 4.78 is 0. The second kappa shape index (κ2) is 5.36. The van der Waals surface area contributed by atoms with Crippen LogP contribution in [0.5, 0.6) is 0 Å². The van der Waals surface area contributed by atoms with Crippen molar-refractivity contribution in [3.05, 3.63) is 35.5 Å². The summed E-state index contributed by atoms with van der Waals surface area (Å²) >= 11 is 5.67. The Balaban J connectivity index is 2.79. The van der Waals surface area contributed by atoms with Crippen molar-refractivity contribution in [3.63, 3.8) is 0 Å². The summed E-state index contributed by atoms with van der Waals surface area (Å²) in [5, 5.41) is 11.9.